The van der Waals surface area contributed by atoms with Crippen LogP contribution in [0.2, 0.25) is 0 Å². The number of carbonyl (C=O) groups is 4. The van der Waals surface area contributed by atoms with Crippen molar-refractivity contribution in [3.05, 3.63) is 0 Å². The Bertz CT molecular complexity index is 750. The highest BCUT2D eigenvalue weighted by atomic mass is 16.6. The van der Waals surface area contributed by atoms with Crippen LogP contribution in [0.15, 0.2) is 0 Å². The lowest BCUT2D eigenvalue weighted by Crippen LogP contribution is -2.41. The van der Waals surface area contributed by atoms with Crippen LogP contribution in [0.1, 0.15) is 181 Å². The van der Waals surface area contributed by atoms with Gasteiger partial charge in [-0.05, 0) is 38.5 Å². The minimum Gasteiger partial charge on any atom is -0.466 e. The molecule has 0 atom stereocenters. The number of unbranched alkanes of at least 4 members (excludes halogenated alkanes) is 18. The van der Waals surface area contributed by atoms with Gasteiger partial charge >= 0.3 is 23.9 Å². The molecule has 49 heavy (non-hydrogen) atoms. The van der Waals surface area contributed by atoms with Gasteiger partial charge in [0, 0.05) is 25.7 Å². The average molecular weight is 701 g/mol. The summed E-state index contributed by atoms with van der Waals surface area (Å²) < 4.78 is 21.1. The van der Waals surface area contributed by atoms with Crippen LogP contribution >= 0.6 is 0 Å². The maximum absolute atomic E-state index is 12.2. The predicted molar refractivity (Wildman–Crippen MR) is 192 cm³/mol. The number of aliphatic hydroxyl groups is 2. The first-order chi connectivity index (χ1) is 23.8. The molecule has 0 unspecified atom stereocenters. The molecule has 0 aromatic rings. The maximum Gasteiger partial charge on any atom is 0.305 e. The lowest BCUT2D eigenvalue weighted by atomic mass is 9.92. The van der Waals surface area contributed by atoms with Crippen molar-refractivity contribution in [1.82, 2.24) is 0 Å². The van der Waals surface area contributed by atoms with Gasteiger partial charge in [-0.3, -0.25) is 19.2 Å². The van der Waals surface area contributed by atoms with E-state index in [9.17, 15) is 29.4 Å². The molecule has 0 aliphatic rings. The largest absolute Gasteiger partial charge is 0.466 e. The molecule has 0 saturated heterocycles. The summed E-state index contributed by atoms with van der Waals surface area (Å²) >= 11 is 0. The van der Waals surface area contributed by atoms with Gasteiger partial charge in [0.25, 0.3) is 0 Å². The first kappa shape index (κ1) is 46.8. The molecule has 0 heterocycles. The Morgan fingerprint density at radius 2 is 0.653 bits per heavy atom. The van der Waals surface area contributed by atoms with Gasteiger partial charge in [0.2, 0.25) is 0 Å². The topological polar surface area (TPSA) is 146 Å². The minimum atomic E-state index is -1.29. The van der Waals surface area contributed by atoms with Crippen LogP contribution in [0, 0.1) is 5.41 Å². The second-order valence-electron chi connectivity index (χ2n) is 13.6. The standard InChI is InChI=1S/C39H72O10/c1-3-5-7-9-11-13-15-23-29-46-35(42)25-19-17-21-27-37(44)48-33-39(31-40,32-41)34-49-38(45)28-22-18-20-26-36(43)47-30-24-16-14-12-10-8-6-4-2/h40-41H,3-34H2,1-2H3. The van der Waals surface area contributed by atoms with Gasteiger partial charge in [0.05, 0.1) is 31.8 Å². The molecule has 0 aliphatic carbocycles. The van der Waals surface area contributed by atoms with E-state index in [0.717, 1.165) is 25.7 Å². The van der Waals surface area contributed by atoms with E-state index in [1.54, 1.807) is 0 Å². The van der Waals surface area contributed by atoms with E-state index >= 15 is 0 Å². The van der Waals surface area contributed by atoms with Gasteiger partial charge < -0.3 is 29.2 Å². The highest BCUT2D eigenvalue weighted by molar-refractivity contribution is 5.70. The first-order valence-corrected chi connectivity index (χ1v) is 19.7. The molecule has 10 heteroatoms. The Hall–Kier alpha value is -2.20. The summed E-state index contributed by atoms with van der Waals surface area (Å²) in [5.41, 5.74) is -1.29. The zero-order chi connectivity index (χ0) is 36.3. The Morgan fingerprint density at radius 3 is 0.959 bits per heavy atom. The molecule has 0 bridgehead atoms. The Morgan fingerprint density at radius 1 is 0.388 bits per heavy atom. The van der Waals surface area contributed by atoms with E-state index in [4.69, 9.17) is 18.9 Å². The minimum absolute atomic E-state index is 0.146. The summed E-state index contributed by atoms with van der Waals surface area (Å²) in [6.45, 7) is 3.74. The van der Waals surface area contributed by atoms with Crippen molar-refractivity contribution in [2.75, 3.05) is 39.6 Å². The van der Waals surface area contributed by atoms with Gasteiger partial charge in [-0.2, -0.15) is 0 Å². The fourth-order valence-electron chi connectivity index (χ4n) is 5.30. The fourth-order valence-corrected chi connectivity index (χ4v) is 5.30. The summed E-state index contributed by atoms with van der Waals surface area (Å²) in [7, 11) is 0. The van der Waals surface area contributed by atoms with Crippen LogP contribution in [-0.4, -0.2) is 73.7 Å². The Balaban J connectivity index is 3.90. The smallest absolute Gasteiger partial charge is 0.305 e. The van der Waals surface area contributed by atoms with Crippen molar-refractivity contribution < 1.29 is 48.3 Å². The van der Waals surface area contributed by atoms with Crippen LogP contribution in [0.3, 0.4) is 0 Å². The maximum atomic E-state index is 12.2. The van der Waals surface area contributed by atoms with E-state index in [2.05, 4.69) is 13.8 Å². The quantitative estimate of drug-likeness (QED) is 0.0372. The number of esters is 4. The molecular weight excluding hydrogens is 628 g/mol. The second kappa shape index (κ2) is 34.3. The molecule has 0 fully saturated rings. The molecule has 0 aliphatic heterocycles. The molecule has 0 rings (SSSR count). The van der Waals surface area contributed by atoms with Gasteiger partial charge in [-0.15, -0.1) is 0 Å². The lowest BCUT2D eigenvalue weighted by Gasteiger charge is -2.28. The fraction of sp³-hybridized carbons (Fsp3) is 0.897. The SMILES string of the molecule is CCCCCCCCCCOC(=O)CCCCCC(=O)OCC(CO)(CO)COC(=O)CCCCCC(=O)OCCCCCCCCCC. The second-order valence-corrected chi connectivity index (χ2v) is 13.6. The van der Waals surface area contributed by atoms with Crippen molar-refractivity contribution >= 4 is 23.9 Å². The number of ether oxygens (including phenoxy) is 4. The van der Waals surface area contributed by atoms with Crippen molar-refractivity contribution in [2.45, 2.75) is 181 Å². The normalized spacial score (nSPS) is 11.3. The van der Waals surface area contributed by atoms with Crippen molar-refractivity contribution in [1.29, 1.82) is 0 Å². The highest BCUT2D eigenvalue weighted by Gasteiger charge is 2.33. The molecule has 10 nitrogen and oxygen atoms in total. The van der Waals surface area contributed by atoms with Crippen LogP contribution in [0.4, 0.5) is 0 Å². The first-order valence-electron chi connectivity index (χ1n) is 19.7. The van der Waals surface area contributed by atoms with E-state index in [1.165, 1.54) is 77.0 Å². The van der Waals surface area contributed by atoms with Crippen molar-refractivity contribution in [3.8, 4) is 0 Å². The van der Waals surface area contributed by atoms with Gasteiger partial charge in [-0.25, -0.2) is 0 Å². The Labute approximate surface area is 297 Å². The number of aliphatic hydroxyl groups excluding tert-OH is 2. The third-order valence-corrected chi connectivity index (χ3v) is 8.79. The molecule has 0 radical (unpaired) electrons. The number of hydrogen-bond donors (Lipinski definition) is 2. The van der Waals surface area contributed by atoms with E-state index < -0.39 is 30.6 Å². The molecule has 0 aromatic heterocycles. The zero-order valence-electron chi connectivity index (χ0n) is 31.3. The summed E-state index contributed by atoms with van der Waals surface area (Å²) in [5.74, 6) is -1.38. The molecule has 288 valence electrons. The number of rotatable bonds is 36. The van der Waals surface area contributed by atoms with Crippen molar-refractivity contribution in [2.24, 2.45) is 5.41 Å². The Kier molecular flexibility index (Phi) is 32.7. The molecular formula is C39H72O10. The van der Waals surface area contributed by atoms with Gasteiger partial charge in [-0.1, -0.05) is 117 Å². The summed E-state index contributed by atoms with van der Waals surface area (Å²) in [5, 5.41) is 19.7. The molecule has 2 N–H and O–H groups in total. The third kappa shape index (κ3) is 30.4. The molecule has 0 aromatic carbocycles. The predicted octanol–water partition coefficient (Wildman–Crippen LogP) is 8.31. The average Bonchev–Trinajstić information content (AvgIpc) is 3.10. The zero-order valence-corrected chi connectivity index (χ0v) is 31.3. The summed E-state index contributed by atoms with van der Waals surface area (Å²) in [6, 6.07) is 0. The van der Waals surface area contributed by atoms with Crippen LogP contribution in [-0.2, 0) is 38.1 Å². The van der Waals surface area contributed by atoms with Crippen molar-refractivity contribution in [3.63, 3.8) is 0 Å². The highest BCUT2D eigenvalue weighted by Crippen LogP contribution is 2.19. The van der Waals surface area contributed by atoms with E-state index in [-0.39, 0.29) is 38.0 Å². The molecule has 0 amide bonds. The molecule has 0 saturated carbocycles. The van der Waals surface area contributed by atoms with Crippen LogP contribution in [0.5, 0.6) is 0 Å². The third-order valence-electron chi connectivity index (χ3n) is 8.79. The van der Waals surface area contributed by atoms with E-state index in [0.29, 0.717) is 64.6 Å². The van der Waals surface area contributed by atoms with Gasteiger partial charge in [0.15, 0.2) is 0 Å². The summed E-state index contributed by atoms with van der Waals surface area (Å²) in [4.78, 5) is 48.3. The number of carbonyl (C=O) groups excluding carboxylic acids is 4. The lowest BCUT2D eigenvalue weighted by molar-refractivity contribution is -0.159. The number of hydrogen-bond acceptors (Lipinski definition) is 10. The molecule has 0 spiro atoms. The summed E-state index contributed by atoms with van der Waals surface area (Å²) in [6.07, 6.45) is 23.7. The van der Waals surface area contributed by atoms with Crippen LogP contribution < -0.4 is 0 Å². The van der Waals surface area contributed by atoms with E-state index in [1.807, 2.05) is 0 Å². The monoisotopic (exact) mass is 701 g/mol. The van der Waals surface area contributed by atoms with Crippen LogP contribution in [0.25, 0.3) is 0 Å². The van der Waals surface area contributed by atoms with Gasteiger partial charge in [0.1, 0.15) is 13.2 Å².